The van der Waals surface area contributed by atoms with Crippen LogP contribution in [0.3, 0.4) is 0 Å². The molecule has 7 unspecified atom stereocenters. The van der Waals surface area contributed by atoms with Crippen molar-refractivity contribution in [2.24, 2.45) is 40.4 Å². The van der Waals surface area contributed by atoms with Crippen molar-refractivity contribution in [1.82, 2.24) is 0 Å². The van der Waals surface area contributed by atoms with Crippen molar-refractivity contribution in [3.05, 3.63) is 0 Å². The first-order valence-corrected chi connectivity index (χ1v) is 10.2. The van der Waals surface area contributed by atoms with E-state index in [-0.39, 0.29) is 6.10 Å². The van der Waals surface area contributed by atoms with Gasteiger partial charge in [-0.1, -0.05) is 13.8 Å². The van der Waals surface area contributed by atoms with Crippen LogP contribution in [0.2, 0.25) is 0 Å². The van der Waals surface area contributed by atoms with Gasteiger partial charge in [0.05, 0.1) is 6.10 Å². The Balaban J connectivity index is 1.60. The normalized spacial score (nSPS) is 57.3. The van der Waals surface area contributed by atoms with Crippen LogP contribution < -0.4 is 0 Å². The molecule has 0 radical (unpaired) electrons. The minimum Gasteiger partial charge on any atom is -0.393 e. The Morgan fingerprint density at radius 2 is 1.61 bits per heavy atom. The smallest absolute Gasteiger partial charge is 0.100 e. The molecule has 0 heterocycles. The molecule has 0 saturated heterocycles. The van der Waals surface area contributed by atoms with Gasteiger partial charge in [-0.3, -0.25) is 0 Å². The molecule has 9 atom stereocenters. The number of rotatable bonds is 1. The van der Waals surface area contributed by atoms with Crippen LogP contribution in [0.4, 0.5) is 4.39 Å². The Morgan fingerprint density at radius 1 is 0.913 bits per heavy atom. The Morgan fingerprint density at radius 3 is 2.35 bits per heavy atom. The molecule has 0 spiro atoms. The van der Waals surface area contributed by atoms with E-state index in [4.69, 9.17) is 0 Å². The highest BCUT2D eigenvalue weighted by molar-refractivity contribution is 5.09. The fourth-order valence-electron chi connectivity index (χ4n) is 8.04. The molecule has 0 aromatic carbocycles. The van der Waals surface area contributed by atoms with E-state index in [0.29, 0.717) is 22.7 Å². The number of hydrogen-bond acceptors (Lipinski definition) is 1. The van der Waals surface area contributed by atoms with Crippen molar-refractivity contribution < 1.29 is 9.50 Å². The molecule has 0 aromatic heterocycles. The number of fused-ring (bicyclic) bond motifs is 5. The van der Waals surface area contributed by atoms with Crippen LogP contribution in [0, 0.1) is 40.4 Å². The Hall–Kier alpha value is -0.110. The topological polar surface area (TPSA) is 20.2 Å². The van der Waals surface area contributed by atoms with Gasteiger partial charge in [0.25, 0.3) is 0 Å². The van der Waals surface area contributed by atoms with Crippen LogP contribution in [0.15, 0.2) is 0 Å². The van der Waals surface area contributed by atoms with E-state index in [1.165, 1.54) is 38.5 Å². The molecule has 0 amide bonds. The lowest BCUT2D eigenvalue weighted by Gasteiger charge is -2.61. The molecule has 0 aromatic rings. The van der Waals surface area contributed by atoms with E-state index in [0.717, 1.165) is 37.0 Å². The van der Waals surface area contributed by atoms with Gasteiger partial charge in [-0.2, -0.15) is 0 Å². The van der Waals surface area contributed by atoms with Crippen LogP contribution in [0.5, 0.6) is 0 Å². The van der Waals surface area contributed by atoms with Crippen molar-refractivity contribution in [3.8, 4) is 0 Å². The van der Waals surface area contributed by atoms with E-state index >= 15 is 0 Å². The lowest BCUT2D eigenvalue weighted by molar-refractivity contribution is -0.126. The first-order valence-electron chi connectivity index (χ1n) is 10.2. The summed E-state index contributed by atoms with van der Waals surface area (Å²) >= 11 is 0. The van der Waals surface area contributed by atoms with Gasteiger partial charge in [-0.05, 0) is 105 Å². The Bertz CT molecular complexity index is 463. The van der Waals surface area contributed by atoms with Crippen molar-refractivity contribution in [1.29, 1.82) is 0 Å². The summed E-state index contributed by atoms with van der Waals surface area (Å²) in [5.41, 5.74) is 0.756. The monoisotopic (exact) mass is 322 g/mol. The number of aliphatic hydroxyl groups is 1. The Labute approximate surface area is 141 Å². The van der Waals surface area contributed by atoms with Crippen molar-refractivity contribution >= 4 is 0 Å². The van der Waals surface area contributed by atoms with E-state index in [2.05, 4.69) is 13.8 Å². The molecule has 1 nitrogen and oxygen atoms in total. The van der Waals surface area contributed by atoms with Crippen LogP contribution in [-0.2, 0) is 0 Å². The summed E-state index contributed by atoms with van der Waals surface area (Å²) in [7, 11) is 0. The van der Waals surface area contributed by atoms with E-state index in [1.807, 2.05) is 6.92 Å². The van der Waals surface area contributed by atoms with Gasteiger partial charge in [-0.15, -0.1) is 0 Å². The summed E-state index contributed by atoms with van der Waals surface area (Å²) in [6, 6.07) is 0. The summed E-state index contributed by atoms with van der Waals surface area (Å²) in [5, 5.41) is 10.3. The summed E-state index contributed by atoms with van der Waals surface area (Å²) in [4.78, 5) is 0. The fraction of sp³-hybridized carbons (Fsp3) is 1.00. The molecular formula is C21H35FO. The van der Waals surface area contributed by atoms with Crippen molar-refractivity contribution in [3.63, 3.8) is 0 Å². The molecular weight excluding hydrogens is 287 g/mol. The highest BCUT2D eigenvalue weighted by Crippen LogP contribution is 2.67. The molecule has 0 bridgehead atoms. The van der Waals surface area contributed by atoms with Gasteiger partial charge >= 0.3 is 0 Å². The summed E-state index contributed by atoms with van der Waals surface area (Å²) in [6.45, 7) is 6.99. The molecule has 4 rings (SSSR count). The molecule has 4 fully saturated rings. The zero-order chi connectivity index (χ0) is 16.4. The van der Waals surface area contributed by atoms with Crippen LogP contribution >= 0.6 is 0 Å². The average molecular weight is 323 g/mol. The molecule has 23 heavy (non-hydrogen) atoms. The third-order valence-corrected chi connectivity index (χ3v) is 9.26. The zero-order valence-corrected chi connectivity index (χ0v) is 15.2. The lowest BCUT2D eigenvalue weighted by atomic mass is 9.44. The molecule has 4 saturated carbocycles. The quantitative estimate of drug-likeness (QED) is 0.688. The van der Waals surface area contributed by atoms with Gasteiger partial charge in [0, 0.05) is 0 Å². The SMILES string of the molecule is C[C@H](O)C1CCC2C3CC[C@H]4CC(F)CCC4(C)C3CCC21C. The van der Waals surface area contributed by atoms with E-state index < -0.39 is 6.17 Å². The van der Waals surface area contributed by atoms with E-state index in [9.17, 15) is 9.50 Å². The zero-order valence-electron chi connectivity index (χ0n) is 15.2. The van der Waals surface area contributed by atoms with Crippen molar-refractivity contribution in [2.75, 3.05) is 0 Å². The standard InChI is InChI=1S/C21H35FO/c1-13(23)17-6-7-18-16-5-4-14-12-15(22)8-10-20(14,2)19(16)9-11-21(17,18)3/h13-19,23H,4-12H2,1-3H3/t13-,14-,15?,16?,17?,18?,19?,20?,21?/m0/s1. The van der Waals surface area contributed by atoms with Crippen LogP contribution in [-0.4, -0.2) is 17.4 Å². The predicted molar refractivity (Wildman–Crippen MR) is 91.8 cm³/mol. The first kappa shape index (κ1) is 16.4. The molecule has 4 aliphatic carbocycles. The summed E-state index contributed by atoms with van der Waals surface area (Å²) in [6.07, 6.45) is 9.78. The average Bonchev–Trinajstić information content (AvgIpc) is 2.85. The van der Waals surface area contributed by atoms with Gasteiger partial charge in [0.2, 0.25) is 0 Å². The lowest BCUT2D eigenvalue weighted by Crippen LogP contribution is -2.54. The first-order chi connectivity index (χ1) is 10.9. The number of halogens is 1. The molecule has 0 aliphatic heterocycles. The second-order valence-electron chi connectivity index (χ2n) is 10.00. The molecule has 1 N–H and O–H groups in total. The molecule has 2 heteroatoms. The van der Waals surface area contributed by atoms with Crippen LogP contribution in [0.1, 0.15) is 78.6 Å². The number of aliphatic hydroxyl groups excluding tert-OH is 1. The highest BCUT2D eigenvalue weighted by Gasteiger charge is 2.60. The summed E-state index contributed by atoms with van der Waals surface area (Å²) in [5.74, 6) is 3.60. The minimum absolute atomic E-state index is 0.157. The third kappa shape index (κ3) is 2.26. The third-order valence-electron chi connectivity index (χ3n) is 9.26. The Kier molecular flexibility index (Phi) is 3.87. The molecule has 4 aliphatic rings. The van der Waals surface area contributed by atoms with E-state index in [1.54, 1.807) is 0 Å². The van der Waals surface area contributed by atoms with Crippen molar-refractivity contribution in [2.45, 2.75) is 90.8 Å². The van der Waals surface area contributed by atoms with Crippen LogP contribution in [0.25, 0.3) is 0 Å². The highest BCUT2D eigenvalue weighted by atomic mass is 19.1. The number of alkyl halides is 1. The van der Waals surface area contributed by atoms with Gasteiger partial charge < -0.3 is 5.11 Å². The fourth-order valence-corrected chi connectivity index (χ4v) is 8.04. The van der Waals surface area contributed by atoms with Gasteiger partial charge in [0.1, 0.15) is 6.17 Å². The second-order valence-corrected chi connectivity index (χ2v) is 10.00. The largest absolute Gasteiger partial charge is 0.393 e. The molecule has 132 valence electrons. The summed E-state index contributed by atoms with van der Waals surface area (Å²) < 4.78 is 13.9. The minimum atomic E-state index is -0.537. The maximum atomic E-state index is 13.9. The van der Waals surface area contributed by atoms with Gasteiger partial charge in [-0.25, -0.2) is 4.39 Å². The maximum Gasteiger partial charge on any atom is 0.100 e. The second kappa shape index (κ2) is 5.44. The predicted octanol–water partition coefficient (Wildman–Crippen LogP) is 5.36. The number of hydrogen-bond donors (Lipinski definition) is 1. The van der Waals surface area contributed by atoms with Gasteiger partial charge in [0.15, 0.2) is 0 Å². The maximum absolute atomic E-state index is 13.9.